The van der Waals surface area contributed by atoms with Crippen molar-refractivity contribution in [1.29, 1.82) is 0 Å². The molecule has 0 radical (unpaired) electrons. The third kappa shape index (κ3) is 4.91. The molecule has 0 atom stereocenters. The third-order valence-corrected chi connectivity index (χ3v) is 4.00. The maximum absolute atomic E-state index is 12.6. The van der Waals surface area contributed by atoms with Crippen molar-refractivity contribution in [2.45, 2.75) is 20.3 Å². The molecular formula is C21H21N5O2. The summed E-state index contributed by atoms with van der Waals surface area (Å²) < 4.78 is 0. The van der Waals surface area contributed by atoms with Gasteiger partial charge in [-0.2, -0.15) is 0 Å². The van der Waals surface area contributed by atoms with Gasteiger partial charge in [-0.3, -0.25) is 9.59 Å². The van der Waals surface area contributed by atoms with Gasteiger partial charge in [-0.05, 0) is 48.4 Å². The second-order valence-corrected chi connectivity index (χ2v) is 6.11. The SMILES string of the molecule is CCc1ccccc1NC(=O)c1ccnc(Nc2ccc(NC(C)=O)cc2)n1. The van der Waals surface area contributed by atoms with Crippen molar-refractivity contribution in [2.24, 2.45) is 0 Å². The molecule has 3 aromatic rings. The first-order valence-corrected chi connectivity index (χ1v) is 8.92. The highest BCUT2D eigenvalue weighted by Crippen LogP contribution is 2.18. The minimum absolute atomic E-state index is 0.132. The number of carbonyl (C=O) groups excluding carboxylic acids is 2. The van der Waals surface area contributed by atoms with Crippen molar-refractivity contribution in [3.05, 3.63) is 72.1 Å². The number of nitrogens with one attached hydrogen (secondary N) is 3. The predicted octanol–water partition coefficient (Wildman–Crippen LogP) is 3.99. The molecule has 0 spiro atoms. The van der Waals surface area contributed by atoms with Gasteiger partial charge in [0.2, 0.25) is 11.9 Å². The second kappa shape index (κ2) is 8.77. The van der Waals surface area contributed by atoms with Gasteiger partial charge in [0, 0.05) is 30.2 Å². The van der Waals surface area contributed by atoms with Crippen LogP contribution in [0.2, 0.25) is 0 Å². The molecule has 1 heterocycles. The monoisotopic (exact) mass is 375 g/mol. The Hall–Kier alpha value is -3.74. The quantitative estimate of drug-likeness (QED) is 0.605. The van der Waals surface area contributed by atoms with Crippen molar-refractivity contribution >= 4 is 34.8 Å². The van der Waals surface area contributed by atoms with Gasteiger partial charge >= 0.3 is 0 Å². The van der Waals surface area contributed by atoms with Gasteiger partial charge in [0.15, 0.2) is 0 Å². The Balaban J connectivity index is 1.71. The highest BCUT2D eigenvalue weighted by atomic mass is 16.2. The van der Waals surface area contributed by atoms with Crippen molar-refractivity contribution in [3.8, 4) is 0 Å². The molecule has 0 aliphatic heterocycles. The maximum Gasteiger partial charge on any atom is 0.274 e. The lowest BCUT2D eigenvalue weighted by Gasteiger charge is -2.10. The summed E-state index contributed by atoms with van der Waals surface area (Å²) in [4.78, 5) is 32.1. The van der Waals surface area contributed by atoms with Crippen LogP contribution in [0.15, 0.2) is 60.8 Å². The van der Waals surface area contributed by atoms with Crippen molar-refractivity contribution in [3.63, 3.8) is 0 Å². The Morgan fingerprint density at radius 2 is 1.64 bits per heavy atom. The Kier molecular flexibility index (Phi) is 5.96. The molecular weight excluding hydrogens is 354 g/mol. The van der Waals surface area contributed by atoms with E-state index in [0.717, 1.165) is 23.4 Å². The van der Waals surface area contributed by atoms with Gasteiger partial charge in [0.1, 0.15) is 5.69 Å². The van der Waals surface area contributed by atoms with Crippen molar-refractivity contribution in [1.82, 2.24) is 9.97 Å². The molecule has 3 rings (SSSR count). The van der Waals surface area contributed by atoms with Crippen LogP contribution in [0.25, 0.3) is 0 Å². The van der Waals surface area contributed by atoms with E-state index in [9.17, 15) is 9.59 Å². The van der Waals surface area contributed by atoms with Crippen molar-refractivity contribution in [2.75, 3.05) is 16.0 Å². The standard InChI is InChI=1S/C21H21N5O2/c1-3-15-6-4-5-7-18(15)25-20(28)19-12-13-22-21(26-19)24-17-10-8-16(9-11-17)23-14(2)27/h4-13H,3H2,1-2H3,(H,23,27)(H,25,28)(H,22,24,26). The summed E-state index contributed by atoms with van der Waals surface area (Å²) in [7, 11) is 0. The minimum atomic E-state index is -0.299. The molecule has 28 heavy (non-hydrogen) atoms. The lowest BCUT2D eigenvalue weighted by atomic mass is 10.1. The lowest BCUT2D eigenvalue weighted by molar-refractivity contribution is -0.114. The normalized spacial score (nSPS) is 10.2. The first-order chi connectivity index (χ1) is 13.5. The van der Waals surface area contributed by atoms with E-state index < -0.39 is 0 Å². The zero-order valence-corrected chi connectivity index (χ0v) is 15.7. The number of hydrogen-bond acceptors (Lipinski definition) is 5. The number of benzene rings is 2. The fourth-order valence-electron chi connectivity index (χ4n) is 2.65. The number of amides is 2. The number of nitrogens with zero attached hydrogens (tertiary/aromatic N) is 2. The summed E-state index contributed by atoms with van der Waals surface area (Å²) >= 11 is 0. The van der Waals surface area contributed by atoms with Gasteiger partial charge in [-0.15, -0.1) is 0 Å². The third-order valence-electron chi connectivity index (χ3n) is 4.00. The second-order valence-electron chi connectivity index (χ2n) is 6.11. The fraction of sp³-hybridized carbons (Fsp3) is 0.143. The lowest BCUT2D eigenvalue weighted by Crippen LogP contribution is -2.15. The van der Waals surface area contributed by atoms with Crippen LogP contribution in [0.3, 0.4) is 0 Å². The number of hydrogen-bond donors (Lipinski definition) is 3. The van der Waals surface area contributed by atoms with E-state index in [2.05, 4.69) is 25.9 Å². The summed E-state index contributed by atoms with van der Waals surface area (Å²) in [6, 6.07) is 16.3. The van der Waals surface area contributed by atoms with Gasteiger partial charge in [0.05, 0.1) is 0 Å². The zero-order valence-electron chi connectivity index (χ0n) is 15.7. The zero-order chi connectivity index (χ0) is 19.9. The average Bonchev–Trinajstić information content (AvgIpc) is 2.70. The molecule has 3 N–H and O–H groups in total. The molecule has 1 aromatic heterocycles. The molecule has 0 unspecified atom stereocenters. The van der Waals surface area contributed by atoms with Crippen molar-refractivity contribution < 1.29 is 9.59 Å². The summed E-state index contributed by atoms with van der Waals surface area (Å²) in [5, 5.41) is 8.65. The van der Waals surface area contributed by atoms with E-state index in [1.165, 1.54) is 13.1 Å². The summed E-state index contributed by atoms with van der Waals surface area (Å²) in [5.74, 6) is -0.122. The van der Waals surface area contributed by atoms with Crippen LogP contribution < -0.4 is 16.0 Å². The largest absolute Gasteiger partial charge is 0.326 e. The Bertz CT molecular complexity index is 986. The van der Waals surface area contributed by atoms with Crippen LogP contribution in [0, 0.1) is 0 Å². The van der Waals surface area contributed by atoms with E-state index in [0.29, 0.717) is 11.6 Å². The van der Waals surface area contributed by atoms with E-state index in [-0.39, 0.29) is 17.5 Å². The molecule has 0 aliphatic rings. The van der Waals surface area contributed by atoms with E-state index in [4.69, 9.17) is 0 Å². The van der Waals surface area contributed by atoms with Gasteiger partial charge in [-0.25, -0.2) is 9.97 Å². The van der Waals surface area contributed by atoms with Crippen LogP contribution >= 0.6 is 0 Å². The van der Waals surface area contributed by atoms with Gasteiger partial charge < -0.3 is 16.0 Å². The summed E-state index contributed by atoms with van der Waals surface area (Å²) in [5.41, 5.74) is 3.53. The fourth-order valence-corrected chi connectivity index (χ4v) is 2.65. The molecule has 0 saturated heterocycles. The van der Waals surface area contributed by atoms with E-state index >= 15 is 0 Å². The van der Waals surface area contributed by atoms with Gasteiger partial charge in [-0.1, -0.05) is 25.1 Å². The molecule has 0 saturated carbocycles. The molecule has 7 heteroatoms. The molecule has 0 bridgehead atoms. The number of aryl methyl sites for hydroxylation is 1. The predicted molar refractivity (Wildman–Crippen MR) is 110 cm³/mol. The van der Waals surface area contributed by atoms with Crippen LogP contribution in [0.1, 0.15) is 29.9 Å². The first-order valence-electron chi connectivity index (χ1n) is 8.92. The number of anilines is 4. The maximum atomic E-state index is 12.6. The summed E-state index contributed by atoms with van der Waals surface area (Å²) in [6.45, 7) is 3.49. The minimum Gasteiger partial charge on any atom is -0.326 e. The highest BCUT2D eigenvalue weighted by molar-refractivity contribution is 6.03. The van der Waals surface area contributed by atoms with E-state index in [1.807, 2.05) is 31.2 Å². The first kappa shape index (κ1) is 19.0. The highest BCUT2D eigenvalue weighted by Gasteiger charge is 2.11. The Morgan fingerprint density at radius 3 is 2.36 bits per heavy atom. The summed E-state index contributed by atoms with van der Waals surface area (Å²) in [6.07, 6.45) is 2.35. The Morgan fingerprint density at radius 1 is 0.929 bits per heavy atom. The Labute approximate surface area is 163 Å². The molecule has 0 aliphatic carbocycles. The van der Waals surface area contributed by atoms with E-state index in [1.54, 1.807) is 30.3 Å². The van der Waals surface area contributed by atoms with Gasteiger partial charge in [0.25, 0.3) is 5.91 Å². The van der Waals surface area contributed by atoms with Crippen LogP contribution in [-0.4, -0.2) is 21.8 Å². The molecule has 142 valence electrons. The number of rotatable bonds is 6. The molecule has 0 fully saturated rings. The topological polar surface area (TPSA) is 96.0 Å². The van der Waals surface area contributed by atoms with Crippen LogP contribution in [0.5, 0.6) is 0 Å². The molecule has 2 aromatic carbocycles. The number of aromatic nitrogens is 2. The average molecular weight is 375 g/mol. The van der Waals surface area contributed by atoms with Crippen LogP contribution in [0.4, 0.5) is 23.0 Å². The van der Waals surface area contributed by atoms with Crippen LogP contribution in [-0.2, 0) is 11.2 Å². The molecule has 2 amide bonds. The number of carbonyl (C=O) groups is 2. The smallest absolute Gasteiger partial charge is 0.274 e. The number of para-hydroxylation sites is 1. The molecule has 7 nitrogen and oxygen atoms in total.